The van der Waals surface area contributed by atoms with Crippen LogP contribution in [-0.4, -0.2) is 31.3 Å². The largest absolute Gasteiger partial charge is 0.378 e. The molecule has 106 valence electrons. The van der Waals surface area contributed by atoms with Gasteiger partial charge in [0, 0.05) is 24.1 Å². The molecule has 3 N–H and O–H groups in total. The van der Waals surface area contributed by atoms with Gasteiger partial charge < -0.3 is 15.8 Å². The molecule has 18 heavy (non-hydrogen) atoms. The monoisotopic (exact) mass is 254 g/mol. The molecule has 0 spiro atoms. The molecule has 0 amide bonds. The van der Waals surface area contributed by atoms with Crippen molar-refractivity contribution in [1.29, 1.82) is 0 Å². The third-order valence-electron chi connectivity index (χ3n) is 5.40. The van der Waals surface area contributed by atoms with Crippen molar-refractivity contribution in [1.82, 2.24) is 5.32 Å². The van der Waals surface area contributed by atoms with E-state index in [2.05, 4.69) is 26.1 Å². The van der Waals surface area contributed by atoms with Crippen molar-refractivity contribution in [3.63, 3.8) is 0 Å². The zero-order chi connectivity index (χ0) is 13.2. The van der Waals surface area contributed by atoms with Crippen LogP contribution in [0.2, 0.25) is 0 Å². The van der Waals surface area contributed by atoms with Crippen LogP contribution in [0.3, 0.4) is 0 Å². The summed E-state index contributed by atoms with van der Waals surface area (Å²) in [5.41, 5.74) is 6.52. The predicted molar refractivity (Wildman–Crippen MR) is 75.6 cm³/mol. The van der Waals surface area contributed by atoms with Crippen LogP contribution in [0, 0.1) is 11.3 Å². The first kappa shape index (κ1) is 14.3. The van der Waals surface area contributed by atoms with Crippen molar-refractivity contribution in [2.24, 2.45) is 17.1 Å². The Balaban J connectivity index is 1.68. The Bertz CT molecular complexity index is 276. The molecule has 3 heteroatoms. The van der Waals surface area contributed by atoms with Crippen molar-refractivity contribution >= 4 is 0 Å². The molecule has 2 rings (SSSR count). The van der Waals surface area contributed by atoms with Gasteiger partial charge in [0.25, 0.3) is 0 Å². The minimum Gasteiger partial charge on any atom is -0.378 e. The van der Waals surface area contributed by atoms with E-state index >= 15 is 0 Å². The second kappa shape index (κ2) is 5.48. The maximum atomic E-state index is 6.52. The smallest absolute Gasteiger partial charge is 0.0662 e. The maximum absolute atomic E-state index is 6.52. The fourth-order valence-electron chi connectivity index (χ4n) is 3.21. The van der Waals surface area contributed by atoms with Crippen molar-refractivity contribution in [2.45, 2.75) is 64.5 Å². The summed E-state index contributed by atoms with van der Waals surface area (Å²) in [5.74, 6) is 0.983. The second-order valence-electron chi connectivity index (χ2n) is 6.79. The van der Waals surface area contributed by atoms with Gasteiger partial charge in [-0.25, -0.2) is 0 Å². The Morgan fingerprint density at radius 2 is 2.06 bits per heavy atom. The summed E-state index contributed by atoms with van der Waals surface area (Å²) in [6, 6.07) is 0. The molecule has 2 atom stereocenters. The zero-order valence-electron chi connectivity index (χ0n) is 12.3. The van der Waals surface area contributed by atoms with Crippen LogP contribution in [-0.2, 0) is 4.74 Å². The third kappa shape index (κ3) is 2.59. The van der Waals surface area contributed by atoms with E-state index in [1.807, 2.05) is 0 Å². The highest BCUT2D eigenvalue weighted by atomic mass is 16.5. The second-order valence-corrected chi connectivity index (χ2v) is 6.79. The highest BCUT2D eigenvalue weighted by Gasteiger charge is 2.57. The van der Waals surface area contributed by atoms with Crippen LogP contribution < -0.4 is 11.1 Å². The zero-order valence-corrected chi connectivity index (χ0v) is 12.3. The lowest BCUT2D eigenvalue weighted by molar-refractivity contribution is -0.148. The third-order valence-corrected chi connectivity index (χ3v) is 5.40. The quantitative estimate of drug-likeness (QED) is 0.685. The van der Waals surface area contributed by atoms with Gasteiger partial charge in [-0.1, -0.05) is 33.1 Å². The van der Waals surface area contributed by atoms with Gasteiger partial charge in [0.15, 0.2) is 0 Å². The molecule has 0 heterocycles. The molecule has 0 aliphatic heterocycles. The number of hydrogen-bond donors (Lipinski definition) is 2. The van der Waals surface area contributed by atoms with Gasteiger partial charge in [-0.15, -0.1) is 0 Å². The number of rotatable bonds is 7. The lowest BCUT2D eigenvalue weighted by atomic mass is 9.54. The van der Waals surface area contributed by atoms with Crippen molar-refractivity contribution in [2.75, 3.05) is 19.7 Å². The van der Waals surface area contributed by atoms with E-state index in [0.29, 0.717) is 6.10 Å². The lowest BCUT2D eigenvalue weighted by Crippen LogP contribution is -2.73. The number of ether oxygens (including phenoxy) is 1. The van der Waals surface area contributed by atoms with E-state index in [4.69, 9.17) is 10.5 Å². The van der Waals surface area contributed by atoms with Crippen molar-refractivity contribution in [3.05, 3.63) is 0 Å². The minimum absolute atomic E-state index is 0.0898. The van der Waals surface area contributed by atoms with E-state index in [1.165, 1.54) is 25.7 Å². The first-order valence-corrected chi connectivity index (χ1v) is 7.61. The molecular formula is C15H30N2O. The summed E-state index contributed by atoms with van der Waals surface area (Å²) in [5, 5.41) is 3.56. The van der Waals surface area contributed by atoms with E-state index in [-0.39, 0.29) is 11.0 Å². The Hall–Kier alpha value is -0.120. The molecular weight excluding hydrogens is 224 g/mol. The van der Waals surface area contributed by atoms with Crippen LogP contribution in [0.5, 0.6) is 0 Å². The molecule has 2 unspecified atom stereocenters. The highest BCUT2D eigenvalue weighted by Crippen LogP contribution is 2.49. The van der Waals surface area contributed by atoms with Gasteiger partial charge in [-0.2, -0.15) is 0 Å². The maximum Gasteiger partial charge on any atom is 0.0662 e. The van der Waals surface area contributed by atoms with Gasteiger partial charge in [0.1, 0.15) is 0 Å². The average molecular weight is 254 g/mol. The molecule has 0 aromatic rings. The standard InChI is InChI=1S/C15H30N2O/c1-4-18-13-10-15(16,14(13,2)3)11-17-9-8-12-6-5-7-12/h12-13,17H,4-11,16H2,1-3H3. The van der Waals surface area contributed by atoms with Gasteiger partial charge in [-0.3, -0.25) is 0 Å². The van der Waals surface area contributed by atoms with Crippen LogP contribution in [0.15, 0.2) is 0 Å². The summed E-state index contributed by atoms with van der Waals surface area (Å²) >= 11 is 0. The summed E-state index contributed by atoms with van der Waals surface area (Å²) < 4.78 is 5.75. The molecule has 0 bridgehead atoms. The Kier molecular flexibility index (Phi) is 4.35. The first-order chi connectivity index (χ1) is 8.49. The normalized spacial score (nSPS) is 35.0. The van der Waals surface area contributed by atoms with Crippen molar-refractivity contribution in [3.8, 4) is 0 Å². The van der Waals surface area contributed by atoms with Gasteiger partial charge >= 0.3 is 0 Å². The Morgan fingerprint density at radius 1 is 1.33 bits per heavy atom. The van der Waals surface area contributed by atoms with Gasteiger partial charge in [0.05, 0.1) is 6.10 Å². The van der Waals surface area contributed by atoms with Crippen LogP contribution in [0.25, 0.3) is 0 Å². The fourth-order valence-corrected chi connectivity index (χ4v) is 3.21. The van der Waals surface area contributed by atoms with E-state index in [9.17, 15) is 0 Å². The van der Waals surface area contributed by atoms with E-state index in [0.717, 1.165) is 32.0 Å². The predicted octanol–water partition coefficient (Wildman–Crippen LogP) is 2.30. The van der Waals surface area contributed by atoms with Crippen molar-refractivity contribution < 1.29 is 4.74 Å². The van der Waals surface area contributed by atoms with Gasteiger partial charge in [-0.05, 0) is 32.2 Å². The lowest BCUT2D eigenvalue weighted by Gasteiger charge is -2.59. The molecule has 0 saturated heterocycles. The SMILES string of the molecule is CCOC1CC(N)(CNCCC2CCC2)C1(C)C. The average Bonchev–Trinajstić information content (AvgIpc) is 2.26. The molecule has 0 radical (unpaired) electrons. The summed E-state index contributed by atoms with van der Waals surface area (Å²) in [7, 11) is 0. The molecule has 2 aliphatic rings. The highest BCUT2D eigenvalue weighted by molar-refractivity contribution is 5.14. The molecule has 2 saturated carbocycles. The van der Waals surface area contributed by atoms with Crippen LogP contribution in [0.1, 0.15) is 52.9 Å². The van der Waals surface area contributed by atoms with Gasteiger partial charge in [0.2, 0.25) is 0 Å². The number of nitrogens with two attached hydrogens (primary N) is 1. The van der Waals surface area contributed by atoms with Crippen LogP contribution >= 0.6 is 0 Å². The summed E-state index contributed by atoms with van der Waals surface area (Å²) in [6.45, 7) is 9.38. The molecule has 3 nitrogen and oxygen atoms in total. The number of nitrogens with one attached hydrogen (secondary N) is 1. The molecule has 2 fully saturated rings. The molecule has 2 aliphatic carbocycles. The Morgan fingerprint density at radius 3 is 2.56 bits per heavy atom. The Labute approximate surface area is 112 Å². The first-order valence-electron chi connectivity index (χ1n) is 7.61. The van der Waals surface area contributed by atoms with Crippen LogP contribution in [0.4, 0.5) is 0 Å². The van der Waals surface area contributed by atoms with E-state index in [1.54, 1.807) is 0 Å². The fraction of sp³-hybridized carbons (Fsp3) is 1.00. The minimum atomic E-state index is -0.0908. The molecule has 0 aromatic carbocycles. The summed E-state index contributed by atoms with van der Waals surface area (Å²) in [4.78, 5) is 0. The summed E-state index contributed by atoms with van der Waals surface area (Å²) in [6.07, 6.45) is 6.96. The topological polar surface area (TPSA) is 47.3 Å². The molecule has 0 aromatic heterocycles. The van der Waals surface area contributed by atoms with E-state index < -0.39 is 0 Å². The number of hydrogen-bond acceptors (Lipinski definition) is 3.